The van der Waals surface area contributed by atoms with Gasteiger partial charge in [-0.05, 0) is 49.6 Å². The number of carbonyl (C=O) groups excluding carboxylic acids is 3. The average molecular weight is 418 g/mol. The normalized spacial score (nSPS) is 11.6. The number of unbranched alkanes of at least 4 members (excludes halogenated alkanes) is 1. The van der Waals surface area contributed by atoms with Crippen LogP contribution in [0, 0.1) is 6.92 Å². The van der Waals surface area contributed by atoms with Gasteiger partial charge in [-0.15, -0.1) is 11.3 Å². The number of aryl methyl sites for hydroxylation is 1. The lowest BCUT2D eigenvalue weighted by molar-refractivity contribution is -0.144. The number of hydrogen-bond acceptors (Lipinski definition) is 6. The van der Waals surface area contributed by atoms with Crippen LogP contribution in [-0.2, 0) is 20.7 Å². The zero-order valence-corrected chi connectivity index (χ0v) is 17.8. The van der Waals surface area contributed by atoms with Crippen LogP contribution >= 0.6 is 11.3 Å². The first-order valence-corrected chi connectivity index (χ1v) is 10.4. The monoisotopic (exact) mass is 417 g/mol. The molecular weight excluding hydrogens is 390 g/mol. The summed E-state index contributed by atoms with van der Waals surface area (Å²) in [6.07, 6.45) is 2.45. The van der Waals surface area contributed by atoms with Crippen molar-refractivity contribution in [3.05, 3.63) is 51.7 Å². The number of amides is 1. The van der Waals surface area contributed by atoms with Crippen molar-refractivity contribution in [2.24, 2.45) is 0 Å². The van der Waals surface area contributed by atoms with Crippen LogP contribution in [0.4, 0.5) is 0 Å². The van der Waals surface area contributed by atoms with E-state index in [9.17, 15) is 14.4 Å². The van der Waals surface area contributed by atoms with Crippen molar-refractivity contribution in [3.8, 4) is 5.75 Å². The molecule has 1 aromatic carbocycles. The fraction of sp³-hybridized carbons (Fsp3) is 0.409. The summed E-state index contributed by atoms with van der Waals surface area (Å²) in [5.74, 6) is 0.149. The number of rotatable bonds is 11. The maximum atomic E-state index is 12.1. The van der Waals surface area contributed by atoms with Gasteiger partial charge in [-0.2, -0.15) is 0 Å². The van der Waals surface area contributed by atoms with Gasteiger partial charge >= 0.3 is 5.97 Å². The van der Waals surface area contributed by atoms with E-state index in [2.05, 4.69) is 5.32 Å². The largest absolute Gasteiger partial charge is 0.494 e. The lowest BCUT2D eigenvalue weighted by atomic mass is 10.1. The van der Waals surface area contributed by atoms with Gasteiger partial charge in [0.05, 0.1) is 18.6 Å². The van der Waals surface area contributed by atoms with Crippen LogP contribution < -0.4 is 10.1 Å². The van der Waals surface area contributed by atoms with Crippen LogP contribution in [0.25, 0.3) is 0 Å². The molecule has 156 valence electrons. The van der Waals surface area contributed by atoms with E-state index in [-0.39, 0.29) is 11.7 Å². The Hall–Kier alpha value is -2.67. The summed E-state index contributed by atoms with van der Waals surface area (Å²) in [6.45, 7) is 3.89. The van der Waals surface area contributed by atoms with E-state index < -0.39 is 12.0 Å². The molecule has 7 heteroatoms. The fourth-order valence-corrected chi connectivity index (χ4v) is 3.66. The summed E-state index contributed by atoms with van der Waals surface area (Å²) in [4.78, 5) is 37.1. The Kier molecular flexibility index (Phi) is 8.86. The topological polar surface area (TPSA) is 81.7 Å². The lowest BCUT2D eigenvalue weighted by Gasteiger charge is -2.15. The Morgan fingerprint density at radius 1 is 1.07 bits per heavy atom. The average Bonchev–Trinajstić information content (AvgIpc) is 3.13. The number of hydrogen-bond donors (Lipinski definition) is 1. The van der Waals surface area contributed by atoms with E-state index in [1.54, 1.807) is 0 Å². The molecule has 2 rings (SSSR count). The molecule has 29 heavy (non-hydrogen) atoms. The van der Waals surface area contributed by atoms with E-state index in [1.807, 2.05) is 43.3 Å². The van der Waals surface area contributed by atoms with Gasteiger partial charge in [0.2, 0.25) is 5.91 Å². The summed E-state index contributed by atoms with van der Waals surface area (Å²) < 4.78 is 10.5. The van der Waals surface area contributed by atoms with Gasteiger partial charge in [0.25, 0.3) is 0 Å². The minimum atomic E-state index is -0.714. The van der Waals surface area contributed by atoms with Crippen molar-refractivity contribution in [2.45, 2.75) is 45.6 Å². The first-order valence-electron chi connectivity index (χ1n) is 9.55. The molecule has 1 heterocycles. The molecule has 1 atom stereocenters. The standard InChI is InChI=1S/C22H27NO5S/c1-15-7-12-21(29-15)20(25)6-4-5-13-28-18-10-8-17(9-11-18)14-19(22(26)27-3)23-16(2)24/h7-12,19H,4-6,13-14H2,1-3H3,(H,23,24). The van der Waals surface area contributed by atoms with Gasteiger partial charge in [0, 0.05) is 24.6 Å². The number of esters is 1. The number of methoxy groups -OCH3 is 1. The highest BCUT2D eigenvalue weighted by atomic mass is 32.1. The zero-order valence-electron chi connectivity index (χ0n) is 17.0. The van der Waals surface area contributed by atoms with Crippen LogP contribution in [-0.4, -0.2) is 37.4 Å². The second kappa shape index (κ2) is 11.4. The predicted octanol–water partition coefficient (Wildman–Crippen LogP) is 3.71. The van der Waals surface area contributed by atoms with E-state index in [0.717, 1.165) is 33.9 Å². The Balaban J connectivity index is 1.73. The van der Waals surface area contributed by atoms with Gasteiger partial charge in [0.1, 0.15) is 11.8 Å². The summed E-state index contributed by atoms with van der Waals surface area (Å²) in [6, 6.07) is 10.5. The minimum absolute atomic E-state index is 0.187. The molecule has 1 unspecified atom stereocenters. The Morgan fingerprint density at radius 3 is 2.38 bits per heavy atom. The third-order valence-electron chi connectivity index (χ3n) is 4.31. The number of carbonyl (C=O) groups is 3. The highest BCUT2D eigenvalue weighted by Gasteiger charge is 2.20. The van der Waals surface area contributed by atoms with Gasteiger partial charge < -0.3 is 14.8 Å². The first-order chi connectivity index (χ1) is 13.9. The third-order valence-corrected chi connectivity index (χ3v) is 5.35. The second-order valence-electron chi connectivity index (χ2n) is 6.76. The third kappa shape index (κ3) is 7.69. The quantitative estimate of drug-likeness (QED) is 0.342. The smallest absolute Gasteiger partial charge is 0.328 e. The second-order valence-corrected chi connectivity index (χ2v) is 8.05. The van der Waals surface area contributed by atoms with Crippen molar-refractivity contribution < 1.29 is 23.9 Å². The molecule has 0 aliphatic carbocycles. The fourth-order valence-electron chi connectivity index (χ4n) is 2.82. The van der Waals surface area contributed by atoms with Crippen molar-refractivity contribution in [2.75, 3.05) is 13.7 Å². The van der Waals surface area contributed by atoms with Crippen LogP contribution in [0.15, 0.2) is 36.4 Å². The Labute approximate surface area is 175 Å². The van der Waals surface area contributed by atoms with Gasteiger partial charge in [0.15, 0.2) is 5.78 Å². The molecule has 6 nitrogen and oxygen atoms in total. The molecule has 1 aromatic heterocycles. The summed E-state index contributed by atoms with van der Waals surface area (Å²) >= 11 is 1.54. The maximum Gasteiger partial charge on any atom is 0.328 e. The van der Waals surface area contributed by atoms with Gasteiger partial charge in [-0.1, -0.05) is 12.1 Å². The Morgan fingerprint density at radius 2 is 1.79 bits per heavy atom. The number of ketones is 1. The highest BCUT2D eigenvalue weighted by molar-refractivity contribution is 7.14. The van der Waals surface area contributed by atoms with E-state index in [0.29, 0.717) is 19.4 Å². The molecule has 1 N–H and O–H groups in total. The van der Waals surface area contributed by atoms with Crippen molar-refractivity contribution in [3.63, 3.8) is 0 Å². The van der Waals surface area contributed by atoms with Crippen LogP contribution in [0.1, 0.15) is 46.3 Å². The zero-order chi connectivity index (χ0) is 21.2. The van der Waals surface area contributed by atoms with Crippen LogP contribution in [0.3, 0.4) is 0 Å². The molecule has 0 aliphatic heterocycles. The molecule has 0 aliphatic rings. The van der Waals surface area contributed by atoms with Crippen molar-refractivity contribution in [1.82, 2.24) is 5.32 Å². The number of Topliss-reactive ketones (excluding diaryl/α,β-unsaturated/α-hetero) is 1. The number of benzene rings is 1. The summed E-state index contributed by atoms with van der Waals surface area (Å²) in [5, 5.41) is 2.59. The SMILES string of the molecule is COC(=O)C(Cc1ccc(OCCCCC(=O)c2ccc(C)s2)cc1)NC(C)=O. The number of thiophene rings is 1. The van der Waals surface area contributed by atoms with E-state index in [1.165, 1.54) is 25.4 Å². The maximum absolute atomic E-state index is 12.1. The van der Waals surface area contributed by atoms with Gasteiger partial charge in [-0.3, -0.25) is 9.59 Å². The first kappa shape index (κ1) is 22.6. The van der Waals surface area contributed by atoms with Crippen molar-refractivity contribution in [1.29, 1.82) is 0 Å². The van der Waals surface area contributed by atoms with E-state index >= 15 is 0 Å². The van der Waals surface area contributed by atoms with E-state index in [4.69, 9.17) is 9.47 Å². The van der Waals surface area contributed by atoms with Crippen molar-refractivity contribution >= 4 is 29.0 Å². The molecule has 0 radical (unpaired) electrons. The van der Waals surface area contributed by atoms with Gasteiger partial charge in [-0.25, -0.2) is 4.79 Å². The summed E-state index contributed by atoms with van der Waals surface area (Å²) in [7, 11) is 1.29. The Bertz CT molecular complexity index is 828. The molecule has 0 saturated heterocycles. The number of nitrogens with one attached hydrogen (secondary N) is 1. The molecule has 1 amide bonds. The molecular formula is C22H27NO5S. The highest BCUT2D eigenvalue weighted by Crippen LogP contribution is 2.18. The molecule has 2 aromatic rings. The molecule has 0 bridgehead atoms. The molecule has 0 spiro atoms. The molecule has 0 saturated carbocycles. The van der Waals surface area contributed by atoms with Crippen LogP contribution in [0.5, 0.6) is 5.75 Å². The predicted molar refractivity (Wildman–Crippen MR) is 112 cm³/mol. The number of ether oxygens (including phenoxy) is 2. The van der Waals surface area contributed by atoms with Crippen LogP contribution in [0.2, 0.25) is 0 Å². The molecule has 0 fully saturated rings. The lowest BCUT2D eigenvalue weighted by Crippen LogP contribution is -2.41. The minimum Gasteiger partial charge on any atom is -0.494 e. The summed E-state index contributed by atoms with van der Waals surface area (Å²) in [5.41, 5.74) is 0.887.